The lowest BCUT2D eigenvalue weighted by Crippen LogP contribution is -2.48. The van der Waals surface area contributed by atoms with Crippen molar-refractivity contribution in [2.45, 2.75) is 44.3 Å². The molecule has 0 radical (unpaired) electrons. The predicted octanol–water partition coefficient (Wildman–Crippen LogP) is 3.41. The van der Waals surface area contributed by atoms with E-state index >= 15 is 0 Å². The van der Waals surface area contributed by atoms with Gasteiger partial charge >= 0.3 is 0 Å². The van der Waals surface area contributed by atoms with Crippen LogP contribution in [0.5, 0.6) is 0 Å². The van der Waals surface area contributed by atoms with Crippen molar-refractivity contribution in [2.24, 2.45) is 5.92 Å². The molecule has 1 N–H and O–H groups in total. The van der Waals surface area contributed by atoms with Crippen molar-refractivity contribution in [3.8, 4) is 0 Å². The number of benzene rings is 1. The van der Waals surface area contributed by atoms with E-state index in [0.29, 0.717) is 0 Å². The first kappa shape index (κ1) is 13.6. The molecular weight excluding hydrogens is 300 g/mol. The molecule has 2 aliphatic rings. The zero-order valence-electron chi connectivity index (χ0n) is 11.6. The van der Waals surface area contributed by atoms with Gasteiger partial charge in [-0.05, 0) is 62.9 Å². The van der Waals surface area contributed by atoms with Gasteiger partial charge in [-0.1, -0.05) is 28.1 Å². The van der Waals surface area contributed by atoms with Crippen LogP contribution in [-0.2, 0) is 6.54 Å². The van der Waals surface area contributed by atoms with Crippen molar-refractivity contribution in [1.29, 1.82) is 0 Å². The Morgan fingerprint density at radius 1 is 1.26 bits per heavy atom. The minimum Gasteiger partial charge on any atom is -0.314 e. The van der Waals surface area contributed by atoms with Crippen LogP contribution in [0.15, 0.2) is 28.7 Å². The van der Waals surface area contributed by atoms with Gasteiger partial charge in [0.15, 0.2) is 0 Å². The molecule has 0 amide bonds. The summed E-state index contributed by atoms with van der Waals surface area (Å²) in [5, 5.41) is 3.68. The molecule has 1 aromatic carbocycles. The van der Waals surface area contributed by atoms with E-state index < -0.39 is 0 Å². The van der Waals surface area contributed by atoms with Crippen molar-refractivity contribution in [2.75, 3.05) is 13.6 Å². The smallest absolute Gasteiger partial charge is 0.0234 e. The summed E-state index contributed by atoms with van der Waals surface area (Å²) >= 11 is 3.55. The minimum absolute atomic E-state index is 0.769. The Kier molecular flexibility index (Phi) is 4.25. The molecule has 0 saturated heterocycles. The number of halogens is 1. The third kappa shape index (κ3) is 3.59. The standard InChI is InChI=1S/C16H23BrN2/c1-19(11-12-3-2-4-14(17)9-12)16-8-5-13(16)10-18-15-6-7-15/h2-4,9,13,15-16,18H,5-8,10-11H2,1H3. The maximum atomic E-state index is 3.68. The molecule has 2 unspecified atom stereocenters. The zero-order chi connectivity index (χ0) is 13.2. The molecule has 104 valence electrons. The molecule has 3 heteroatoms. The van der Waals surface area contributed by atoms with Gasteiger partial charge in [0.05, 0.1) is 0 Å². The minimum atomic E-state index is 0.769. The van der Waals surface area contributed by atoms with Gasteiger partial charge in [0.2, 0.25) is 0 Å². The maximum absolute atomic E-state index is 3.68. The Bertz CT molecular complexity index is 431. The average molecular weight is 323 g/mol. The van der Waals surface area contributed by atoms with E-state index in [0.717, 1.165) is 24.5 Å². The van der Waals surface area contributed by atoms with E-state index in [1.807, 2.05) is 0 Å². The van der Waals surface area contributed by atoms with Crippen LogP contribution in [0.1, 0.15) is 31.2 Å². The number of rotatable bonds is 6. The molecule has 0 aromatic heterocycles. The molecule has 2 saturated carbocycles. The highest BCUT2D eigenvalue weighted by Crippen LogP contribution is 2.32. The fraction of sp³-hybridized carbons (Fsp3) is 0.625. The summed E-state index contributed by atoms with van der Waals surface area (Å²) in [5.41, 5.74) is 1.40. The van der Waals surface area contributed by atoms with Gasteiger partial charge in [0.1, 0.15) is 0 Å². The highest BCUT2D eigenvalue weighted by molar-refractivity contribution is 9.10. The van der Waals surface area contributed by atoms with Crippen LogP contribution in [0.25, 0.3) is 0 Å². The van der Waals surface area contributed by atoms with Crippen LogP contribution in [0, 0.1) is 5.92 Å². The van der Waals surface area contributed by atoms with Gasteiger partial charge in [-0.15, -0.1) is 0 Å². The first-order chi connectivity index (χ1) is 9.22. The van der Waals surface area contributed by atoms with Crippen molar-refractivity contribution < 1.29 is 0 Å². The van der Waals surface area contributed by atoms with Gasteiger partial charge in [-0.3, -0.25) is 4.90 Å². The number of nitrogens with zero attached hydrogens (tertiary/aromatic N) is 1. The largest absolute Gasteiger partial charge is 0.314 e. The molecular formula is C16H23BrN2. The molecule has 1 aromatic rings. The van der Waals surface area contributed by atoms with Crippen molar-refractivity contribution >= 4 is 15.9 Å². The van der Waals surface area contributed by atoms with E-state index in [1.54, 1.807) is 0 Å². The molecule has 0 aliphatic heterocycles. The van der Waals surface area contributed by atoms with Gasteiger partial charge in [-0.25, -0.2) is 0 Å². The van der Waals surface area contributed by atoms with E-state index in [1.165, 1.54) is 42.3 Å². The molecule has 2 fully saturated rings. The van der Waals surface area contributed by atoms with Gasteiger partial charge in [-0.2, -0.15) is 0 Å². The van der Waals surface area contributed by atoms with Crippen LogP contribution in [-0.4, -0.2) is 30.6 Å². The SMILES string of the molecule is CN(Cc1cccc(Br)c1)C1CCC1CNC1CC1. The summed E-state index contributed by atoms with van der Waals surface area (Å²) in [4.78, 5) is 2.53. The Labute approximate surface area is 124 Å². The average Bonchev–Trinajstić information content (AvgIpc) is 3.11. The summed E-state index contributed by atoms with van der Waals surface area (Å²) < 4.78 is 1.18. The molecule has 19 heavy (non-hydrogen) atoms. The summed E-state index contributed by atoms with van der Waals surface area (Å²) in [6.45, 7) is 2.28. The monoisotopic (exact) mass is 322 g/mol. The van der Waals surface area contributed by atoms with Crippen LogP contribution in [0.4, 0.5) is 0 Å². The third-order valence-electron chi connectivity index (χ3n) is 4.51. The predicted molar refractivity (Wildman–Crippen MR) is 83.1 cm³/mol. The van der Waals surface area contributed by atoms with Crippen LogP contribution in [0.3, 0.4) is 0 Å². The summed E-state index contributed by atoms with van der Waals surface area (Å²) in [6, 6.07) is 10.3. The van der Waals surface area contributed by atoms with Gasteiger partial charge < -0.3 is 5.32 Å². The molecule has 0 spiro atoms. The molecule has 2 atom stereocenters. The fourth-order valence-corrected chi connectivity index (χ4v) is 3.46. The topological polar surface area (TPSA) is 15.3 Å². The third-order valence-corrected chi connectivity index (χ3v) is 5.00. The highest BCUT2D eigenvalue weighted by atomic mass is 79.9. The molecule has 3 rings (SSSR count). The van der Waals surface area contributed by atoms with Crippen molar-refractivity contribution in [1.82, 2.24) is 10.2 Å². The lowest BCUT2D eigenvalue weighted by atomic mass is 9.78. The van der Waals surface area contributed by atoms with Gasteiger partial charge in [0, 0.05) is 23.1 Å². The molecule has 2 nitrogen and oxygen atoms in total. The zero-order valence-corrected chi connectivity index (χ0v) is 13.2. The lowest BCUT2D eigenvalue weighted by Gasteiger charge is -2.43. The second kappa shape index (κ2) is 5.94. The van der Waals surface area contributed by atoms with Crippen LogP contribution < -0.4 is 5.32 Å². The van der Waals surface area contributed by atoms with E-state index in [9.17, 15) is 0 Å². The summed E-state index contributed by atoms with van der Waals surface area (Å²) in [6.07, 6.45) is 5.55. The second-order valence-electron chi connectivity index (χ2n) is 6.13. The quantitative estimate of drug-likeness (QED) is 0.863. The normalized spacial score (nSPS) is 26.5. The Morgan fingerprint density at radius 3 is 2.74 bits per heavy atom. The molecule has 0 bridgehead atoms. The number of nitrogens with one attached hydrogen (secondary N) is 1. The first-order valence-corrected chi connectivity index (χ1v) is 8.20. The Morgan fingerprint density at radius 2 is 2.11 bits per heavy atom. The summed E-state index contributed by atoms with van der Waals surface area (Å²) in [7, 11) is 2.27. The van der Waals surface area contributed by atoms with Gasteiger partial charge in [0.25, 0.3) is 0 Å². The van der Waals surface area contributed by atoms with Crippen molar-refractivity contribution in [3.63, 3.8) is 0 Å². The maximum Gasteiger partial charge on any atom is 0.0234 e. The first-order valence-electron chi connectivity index (χ1n) is 7.40. The summed E-state index contributed by atoms with van der Waals surface area (Å²) in [5.74, 6) is 0.859. The van der Waals surface area contributed by atoms with E-state index in [4.69, 9.17) is 0 Å². The number of hydrogen-bond donors (Lipinski definition) is 1. The van der Waals surface area contributed by atoms with E-state index in [-0.39, 0.29) is 0 Å². The highest BCUT2D eigenvalue weighted by Gasteiger charge is 2.34. The van der Waals surface area contributed by atoms with Crippen LogP contribution in [0.2, 0.25) is 0 Å². The molecule has 2 aliphatic carbocycles. The fourth-order valence-electron chi connectivity index (χ4n) is 3.02. The van der Waals surface area contributed by atoms with Crippen LogP contribution >= 0.6 is 15.9 Å². The molecule has 0 heterocycles. The second-order valence-corrected chi connectivity index (χ2v) is 7.05. The number of hydrogen-bond acceptors (Lipinski definition) is 2. The van der Waals surface area contributed by atoms with Crippen molar-refractivity contribution in [3.05, 3.63) is 34.3 Å². The lowest BCUT2D eigenvalue weighted by molar-refractivity contribution is 0.0778. The Balaban J connectivity index is 1.50. The van der Waals surface area contributed by atoms with E-state index in [2.05, 4.69) is 57.5 Å². The Hall–Kier alpha value is -0.380.